The van der Waals surface area contributed by atoms with E-state index in [-0.39, 0.29) is 17.8 Å². The smallest absolute Gasteiger partial charge is 0.251 e. The zero-order valence-electron chi connectivity index (χ0n) is 11.6. The molecule has 0 spiro atoms. The number of oxime groups is 1. The number of carbonyl (C=O) groups excluding carboxylic acids is 1. The molecule has 0 aliphatic heterocycles. The van der Waals surface area contributed by atoms with Crippen molar-refractivity contribution in [2.45, 2.75) is 19.4 Å². The van der Waals surface area contributed by atoms with Crippen LogP contribution in [0.2, 0.25) is 0 Å². The molecule has 1 atom stereocenters. The number of nitrogens with zero attached hydrogens (tertiary/aromatic N) is 1. The van der Waals surface area contributed by atoms with Gasteiger partial charge >= 0.3 is 0 Å². The number of rotatable bonds is 5. The van der Waals surface area contributed by atoms with E-state index in [1.165, 1.54) is 4.88 Å². The standard InChI is InChI=1S/C15H17N3O2S/c1-10(8-13-6-3-7-21-13)17-15(19)12-5-2-4-11(9-12)14(16)18-20/h2-7,9-10,20H,8H2,1H3,(H2,16,18)(H,17,19). The third kappa shape index (κ3) is 4.06. The molecule has 0 aliphatic rings. The summed E-state index contributed by atoms with van der Waals surface area (Å²) in [6.45, 7) is 1.96. The van der Waals surface area contributed by atoms with E-state index in [2.05, 4.69) is 10.5 Å². The Kier molecular flexibility index (Phi) is 4.94. The molecule has 0 saturated heterocycles. The van der Waals surface area contributed by atoms with Gasteiger partial charge in [0.15, 0.2) is 5.84 Å². The molecular formula is C15H17N3O2S. The second-order valence-electron chi connectivity index (χ2n) is 4.72. The summed E-state index contributed by atoms with van der Waals surface area (Å²) >= 11 is 1.67. The Hall–Kier alpha value is -2.34. The molecule has 2 rings (SSSR count). The van der Waals surface area contributed by atoms with Gasteiger partial charge in [0.05, 0.1) is 0 Å². The van der Waals surface area contributed by atoms with E-state index >= 15 is 0 Å². The number of nitrogens with two attached hydrogens (primary N) is 1. The lowest BCUT2D eigenvalue weighted by molar-refractivity contribution is 0.0940. The summed E-state index contributed by atoms with van der Waals surface area (Å²) in [5.41, 5.74) is 6.52. The van der Waals surface area contributed by atoms with Crippen LogP contribution in [0, 0.1) is 0 Å². The Morgan fingerprint density at radius 2 is 2.14 bits per heavy atom. The first-order chi connectivity index (χ1) is 10.1. The van der Waals surface area contributed by atoms with Crippen LogP contribution in [0.5, 0.6) is 0 Å². The van der Waals surface area contributed by atoms with Crippen molar-refractivity contribution in [2.75, 3.05) is 0 Å². The van der Waals surface area contributed by atoms with Crippen molar-refractivity contribution in [3.63, 3.8) is 0 Å². The molecule has 0 saturated carbocycles. The van der Waals surface area contributed by atoms with Crippen LogP contribution >= 0.6 is 11.3 Å². The van der Waals surface area contributed by atoms with Gasteiger partial charge in [-0.25, -0.2) is 0 Å². The van der Waals surface area contributed by atoms with Crippen LogP contribution in [-0.2, 0) is 6.42 Å². The lowest BCUT2D eigenvalue weighted by atomic mass is 10.1. The quantitative estimate of drug-likeness (QED) is 0.342. The highest BCUT2D eigenvalue weighted by atomic mass is 32.1. The monoisotopic (exact) mass is 303 g/mol. The largest absolute Gasteiger partial charge is 0.409 e. The molecule has 0 radical (unpaired) electrons. The van der Waals surface area contributed by atoms with Crippen LogP contribution in [0.1, 0.15) is 27.7 Å². The molecular weight excluding hydrogens is 286 g/mol. The van der Waals surface area contributed by atoms with E-state index < -0.39 is 0 Å². The second-order valence-corrected chi connectivity index (χ2v) is 5.76. The molecule has 1 aromatic heterocycles. The zero-order chi connectivity index (χ0) is 15.2. The van der Waals surface area contributed by atoms with Crippen LogP contribution < -0.4 is 11.1 Å². The minimum Gasteiger partial charge on any atom is -0.409 e. The van der Waals surface area contributed by atoms with Gasteiger partial charge in [-0.1, -0.05) is 23.4 Å². The number of nitrogens with one attached hydrogen (secondary N) is 1. The van der Waals surface area contributed by atoms with E-state index in [9.17, 15) is 4.79 Å². The number of amides is 1. The molecule has 1 aromatic carbocycles. The lowest BCUT2D eigenvalue weighted by Gasteiger charge is -2.13. The molecule has 0 aliphatic carbocycles. The van der Waals surface area contributed by atoms with Crippen molar-refractivity contribution in [2.24, 2.45) is 10.9 Å². The van der Waals surface area contributed by atoms with E-state index in [1.54, 1.807) is 35.6 Å². The van der Waals surface area contributed by atoms with Gasteiger partial charge in [0.25, 0.3) is 5.91 Å². The van der Waals surface area contributed by atoms with Crippen molar-refractivity contribution in [1.82, 2.24) is 5.32 Å². The molecule has 110 valence electrons. The number of carbonyl (C=O) groups is 1. The number of hydrogen-bond acceptors (Lipinski definition) is 4. The van der Waals surface area contributed by atoms with Gasteiger partial charge in [-0.15, -0.1) is 11.3 Å². The summed E-state index contributed by atoms with van der Waals surface area (Å²) in [5, 5.41) is 16.6. The summed E-state index contributed by atoms with van der Waals surface area (Å²) in [7, 11) is 0. The lowest BCUT2D eigenvalue weighted by Crippen LogP contribution is -2.34. The molecule has 0 bridgehead atoms. The van der Waals surface area contributed by atoms with Gasteiger partial charge in [0.1, 0.15) is 0 Å². The second kappa shape index (κ2) is 6.90. The van der Waals surface area contributed by atoms with Crippen LogP contribution in [0.3, 0.4) is 0 Å². The van der Waals surface area contributed by atoms with E-state index in [4.69, 9.17) is 10.9 Å². The highest BCUT2D eigenvalue weighted by molar-refractivity contribution is 7.09. The van der Waals surface area contributed by atoms with Gasteiger partial charge in [-0.3, -0.25) is 4.79 Å². The third-order valence-electron chi connectivity index (χ3n) is 2.99. The maximum absolute atomic E-state index is 12.2. The maximum atomic E-state index is 12.2. The van der Waals surface area contributed by atoms with Crippen molar-refractivity contribution < 1.29 is 10.0 Å². The predicted octanol–water partition coefficient (Wildman–Crippen LogP) is 2.20. The molecule has 1 amide bonds. The highest BCUT2D eigenvalue weighted by Gasteiger charge is 2.12. The third-order valence-corrected chi connectivity index (χ3v) is 3.89. The van der Waals surface area contributed by atoms with Crippen LogP contribution in [0.15, 0.2) is 46.9 Å². The summed E-state index contributed by atoms with van der Waals surface area (Å²) < 4.78 is 0. The Morgan fingerprint density at radius 3 is 2.81 bits per heavy atom. The van der Waals surface area contributed by atoms with Gasteiger partial charge in [-0.05, 0) is 30.5 Å². The topological polar surface area (TPSA) is 87.7 Å². The fourth-order valence-electron chi connectivity index (χ4n) is 1.97. The van der Waals surface area contributed by atoms with E-state index in [0.717, 1.165) is 6.42 Å². The number of hydrogen-bond donors (Lipinski definition) is 3. The Labute approximate surface area is 127 Å². The Morgan fingerprint density at radius 1 is 1.38 bits per heavy atom. The first-order valence-corrected chi connectivity index (χ1v) is 7.39. The first kappa shape index (κ1) is 15.1. The molecule has 5 nitrogen and oxygen atoms in total. The van der Waals surface area contributed by atoms with Gasteiger partial charge in [-0.2, -0.15) is 0 Å². The fourth-order valence-corrected chi connectivity index (χ4v) is 2.80. The molecule has 1 heterocycles. The summed E-state index contributed by atoms with van der Waals surface area (Å²) in [6.07, 6.45) is 0.795. The van der Waals surface area contributed by atoms with Crippen molar-refractivity contribution in [3.05, 3.63) is 57.8 Å². The van der Waals surface area contributed by atoms with E-state index in [0.29, 0.717) is 11.1 Å². The fraction of sp³-hybridized carbons (Fsp3) is 0.200. The average Bonchev–Trinajstić information content (AvgIpc) is 2.99. The molecule has 6 heteroatoms. The minimum atomic E-state index is -0.174. The van der Waals surface area contributed by atoms with Crippen molar-refractivity contribution in [3.8, 4) is 0 Å². The minimum absolute atomic E-state index is 0.0173. The Balaban J connectivity index is 2.03. The number of benzene rings is 1. The normalized spacial score (nSPS) is 12.9. The van der Waals surface area contributed by atoms with Crippen molar-refractivity contribution in [1.29, 1.82) is 0 Å². The van der Waals surface area contributed by atoms with Gasteiger partial charge in [0.2, 0.25) is 0 Å². The summed E-state index contributed by atoms with van der Waals surface area (Å²) in [4.78, 5) is 13.4. The molecule has 21 heavy (non-hydrogen) atoms. The SMILES string of the molecule is CC(Cc1cccs1)NC(=O)c1cccc(C(N)=NO)c1. The molecule has 0 fully saturated rings. The van der Waals surface area contributed by atoms with Crippen LogP contribution in [-0.4, -0.2) is 23.0 Å². The Bertz CT molecular complexity index is 638. The van der Waals surface area contributed by atoms with Gasteiger partial charge < -0.3 is 16.3 Å². The van der Waals surface area contributed by atoms with Crippen LogP contribution in [0.4, 0.5) is 0 Å². The highest BCUT2D eigenvalue weighted by Crippen LogP contribution is 2.12. The van der Waals surface area contributed by atoms with Crippen molar-refractivity contribution >= 4 is 23.1 Å². The molecule has 2 aromatic rings. The average molecular weight is 303 g/mol. The maximum Gasteiger partial charge on any atom is 0.251 e. The molecule has 4 N–H and O–H groups in total. The van der Waals surface area contributed by atoms with Crippen LogP contribution in [0.25, 0.3) is 0 Å². The number of amidine groups is 1. The number of thiophene rings is 1. The zero-order valence-corrected chi connectivity index (χ0v) is 12.4. The summed E-state index contributed by atoms with van der Waals surface area (Å²) in [5.74, 6) is -0.192. The predicted molar refractivity (Wildman–Crippen MR) is 83.9 cm³/mol. The first-order valence-electron chi connectivity index (χ1n) is 6.51. The summed E-state index contributed by atoms with van der Waals surface area (Å²) in [6, 6.07) is 10.8. The molecule has 1 unspecified atom stereocenters. The van der Waals surface area contributed by atoms with E-state index in [1.807, 2.05) is 24.4 Å². The van der Waals surface area contributed by atoms with Gasteiger partial charge in [0, 0.05) is 28.5 Å².